The van der Waals surface area contributed by atoms with E-state index in [9.17, 15) is 13.2 Å². The number of carbonyl (C=O) groups is 1. The molecule has 8 heteroatoms. The number of ketones is 1. The summed E-state index contributed by atoms with van der Waals surface area (Å²) in [4.78, 5) is 13.7. The molecule has 1 atom stereocenters. The van der Waals surface area contributed by atoms with Crippen LogP contribution in [0.2, 0.25) is 0 Å². The van der Waals surface area contributed by atoms with Crippen molar-refractivity contribution in [3.8, 4) is 5.75 Å². The summed E-state index contributed by atoms with van der Waals surface area (Å²) in [6.45, 7) is 5.87. The van der Waals surface area contributed by atoms with E-state index in [0.717, 1.165) is 45.3 Å². The quantitative estimate of drug-likeness (QED) is 0.524. The van der Waals surface area contributed by atoms with Crippen LogP contribution in [0.5, 0.6) is 5.75 Å². The Morgan fingerprint density at radius 3 is 2.53 bits per heavy atom. The van der Waals surface area contributed by atoms with Gasteiger partial charge in [-0.3, -0.25) is 4.79 Å². The van der Waals surface area contributed by atoms with E-state index in [1.165, 1.54) is 21.7 Å². The Morgan fingerprint density at radius 2 is 1.81 bits per heavy atom. The summed E-state index contributed by atoms with van der Waals surface area (Å²) < 4.78 is 39.2. The molecule has 4 aliphatic rings. The molecule has 2 aliphatic heterocycles. The molecule has 190 valence electrons. The Labute approximate surface area is 220 Å². The average molecular weight is 573 g/mol. The maximum atomic E-state index is 13.7. The number of piperidine rings is 1. The number of carbonyl (C=O) groups excluding carboxylic acids is 1. The molecule has 2 fully saturated rings. The highest BCUT2D eigenvalue weighted by Gasteiger charge is 2.49. The van der Waals surface area contributed by atoms with Gasteiger partial charge < -0.3 is 9.47 Å². The normalized spacial score (nSPS) is 24.6. The topological polar surface area (TPSA) is 72.9 Å². The fraction of sp³-hybridized carbons (Fsp3) is 0.464. The summed E-state index contributed by atoms with van der Waals surface area (Å²) in [6, 6.07) is 12.0. The highest BCUT2D eigenvalue weighted by molar-refractivity contribution is 9.10. The van der Waals surface area contributed by atoms with Crippen LogP contribution in [0.25, 0.3) is 5.57 Å². The van der Waals surface area contributed by atoms with Crippen molar-refractivity contribution in [1.82, 2.24) is 4.31 Å². The number of hydrogen-bond donors (Lipinski definition) is 0. The molecule has 36 heavy (non-hydrogen) atoms. The Kier molecular flexibility index (Phi) is 5.58. The van der Waals surface area contributed by atoms with Gasteiger partial charge in [0.05, 0.1) is 12.9 Å². The van der Waals surface area contributed by atoms with E-state index in [1.807, 2.05) is 30.3 Å². The van der Waals surface area contributed by atoms with E-state index in [0.29, 0.717) is 32.5 Å². The maximum Gasteiger partial charge on any atom is 0.211 e. The summed E-state index contributed by atoms with van der Waals surface area (Å²) in [5, 5.41) is 0. The SMILES string of the molecule is CC1(C)C2=C(C(=O)c3ccc(OC4CCOC45CCN(S(C)(=O)=O)CC5)cc31)c1ccc(Br)cc1C2. The van der Waals surface area contributed by atoms with Gasteiger partial charge in [0.1, 0.15) is 17.5 Å². The number of fused-ring (bicyclic) bond motifs is 3. The lowest BCUT2D eigenvalue weighted by Crippen LogP contribution is -2.52. The lowest BCUT2D eigenvalue weighted by Gasteiger charge is -2.41. The van der Waals surface area contributed by atoms with Crippen LogP contribution in [0.3, 0.4) is 0 Å². The van der Waals surface area contributed by atoms with Crippen molar-refractivity contribution < 1.29 is 22.7 Å². The molecule has 0 bridgehead atoms. The minimum atomic E-state index is -3.21. The number of sulfonamides is 1. The van der Waals surface area contributed by atoms with E-state index in [-0.39, 0.29) is 17.3 Å². The van der Waals surface area contributed by atoms with Crippen molar-refractivity contribution in [2.24, 2.45) is 0 Å². The molecular formula is C28H30BrNO5S. The number of rotatable bonds is 3. The molecule has 2 aromatic rings. The molecule has 1 unspecified atom stereocenters. The first kappa shape index (κ1) is 24.3. The van der Waals surface area contributed by atoms with Crippen LogP contribution in [0.1, 0.15) is 60.2 Å². The van der Waals surface area contributed by atoms with Gasteiger partial charge >= 0.3 is 0 Å². The van der Waals surface area contributed by atoms with E-state index in [1.54, 1.807) is 0 Å². The monoisotopic (exact) mass is 571 g/mol. The molecule has 2 aliphatic carbocycles. The number of Topliss-reactive ketones (excluding diaryl/α,β-unsaturated/α-hetero) is 1. The zero-order chi connectivity index (χ0) is 25.5. The van der Waals surface area contributed by atoms with E-state index in [4.69, 9.17) is 9.47 Å². The number of nitrogens with zero attached hydrogens (tertiary/aromatic N) is 1. The van der Waals surface area contributed by atoms with E-state index >= 15 is 0 Å². The Morgan fingerprint density at radius 1 is 1.08 bits per heavy atom. The highest BCUT2D eigenvalue weighted by Crippen LogP contribution is 2.51. The van der Waals surface area contributed by atoms with Crippen molar-refractivity contribution in [3.63, 3.8) is 0 Å². The molecular weight excluding hydrogens is 542 g/mol. The van der Waals surface area contributed by atoms with Crippen LogP contribution < -0.4 is 4.74 Å². The lowest BCUT2D eigenvalue weighted by molar-refractivity contribution is -0.0775. The van der Waals surface area contributed by atoms with Crippen LogP contribution in [0, 0.1) is 0 Å². The first-order valence-electron chi connectivity index (χ1n) is 12.5. The summed E-state index contributed by atoms with van der Waals surface area (Å²) in [5.41, 5.74) is 5.19. The zero-order valence-electron chi connectivity index (χ0n) is 20.8. The van der Waals surface area contributed by atoms with Crippen molar-refractivity contribution in [2.45, 2.75) is 56.7 Å². The Bertz CT molecular complexity index is 1420. The van der Waals surface area contributed by atoms with Crippen molar-refractivity contribution in [1.29, 1.82) is 0 Å². The zero-order valence-corrected chi connectivity index (χ0v) is 23.2. The predicted octanol–water partition coefficient (Wildman–Crippen LogP) is 4.89. The second kappa shape index (κ2) is 8.25. The summed E-state index contributed by atoms with van der Waals surface area (Å²) in [6.07, 6.45) is 3.87. The van der Waals surface area contributed by atoms with Gasteiger partial charge in [-0.15, -0.1) is 0 Å². The second-order valence-corrected chi connectivity index (χ2v) is 13.9. The van der Waals surface area contributed by atoms with Crippen LogP contribution in [-0.2, 0) is 26.6 Å². The van der Waals surface area contributed by atoms with Crippen molar-refractivity contribution >= 4 is 37.3 Å². The highest BCUT2D eigenvalue weighted by atomic mass is 79.9. The largest absolute Gasteiger partial charge is 0.487 e. The number of ether oxygens (including phenoxy) is 2. The van der Waals surface area contributed by atoms with E-state index in [2.05, 4.69) is 35.8 Å². The first-order valence-corrected chi connectivity index (χ1v) is 15.1. The average Bonchev–Trinajstić information content (AvgIpc) is 3.39. The molecule has 2 aromatic carbocycles. The molecule has 0 N–H and O–H groups in total. The van der Waals surface area contributed by atoms with Crippen molar-refractivity contribution in [3.05, 3.63) is 68.7 Å². The standard InChI is InChI=1S/C28H30BrNO5S/c1-27(2)22-16-19(35-24-8-13-34-28(24)9-11-30(12-10-28)36(3,32)33)5-7-21(22)26(31)25-20-6-4-18(29)14-17(20)15-23(25)27/h4-7,14,16,24H,8-13,15H2,1-3H3. The van der Waals surface area contributed by atoms with Gasteiger partial charge in [-0.1, -0.05) is 35.8 Å². The molecule has 1 spiro atoms. The second-order valence-electron chi connectivity index (χ2n) is 11.0. The van der Waals surface area contributed by atoms with Gasteiger partial charge in [-0.05, 0) is 71.9 Å². The summed E-state index contributed by atoms with van der Waals surface area (Å²) in [7, 11) is -3.21. The molecule has 2 heterocycles. The summed E-state index contributed by atoms with van der Waals surface area (Å²) in [5.74, 6) is 0.818. The van der Waals surface area contributed by atoms with Crippen LogP contribution in [0.15, 0.2) is 46.4 Å². The van der Waals surface area contributed by atoms with Crippen LogP contribution in [0.4, 0.5) is 0 Å². The van der Waals surface area contributed by atoms with Gasteiger partial charge in [-0.25, -0.2) is 12.7 Å². The molecule has 0 aromatic heterocycles. The molecule has 0 saturated carbocycles. The lowest BCUT2D eigenvalue weighted by atomic mass is 9.68. The van der Waals surface area contributed by atoms with Gasteiger partial charge in [0.25, 0.3) is 0 Å². The third-order valence-corrected chi connectivity index (χ3v) is 10.4. The maximum absolute atomic E-state index is 13.7. The number of allylic oxidation sites excluding steroid dienone is 2. The number of hydrogen-bond acceptors (Lipinski definition) is 5. The number of halogens is 1. The van der Waals surface area contributed by atoms with Crippen LogP contribution >= 0.6 is 15.9 Å². The fourth-order valence-corrected chi connectivity index (χ4v) is 7.77. The molecule has 6 nitrogen and oxygen atoms in total. The van der Waals surface area contributed by atoms with E-state index < -0.39 is 15.6 Å². The molecule has 0 radical (unpaired) electrons. The van der Waals surface area contributed by atoms with Gasteiger partial charge in [0, 0.05) is 40.5 Å². The first-order chi connectivity index (χ1) is 17.0. The van der Waals surface area contributed by atoms with Crippen LogP contribution in [-0.4, -0.2) is 56.2 Å². The minimum absolute atomic E-state index is 0.0840. The fourth-order valence-electron chi connectivity index (χ4n) is 6.51. The van der Waals surface area contributed by atoms with Crippen molar-refractivity contribution in [2.75, 3.05) is 26.0 Å². The third kappa shape index (κ3) is 3.71. The third-order valence-electron chi connectivity index (χ3n) is 8.57. The smallest absolute Gasteiger partial charge is 0.211 e. The Balaban J connectivity index is 1.29. The minimum Gasteiger partial charge on any atom is -0.487 e. The number of benzene rings is 2. The van der Waals surface area contributed by atoms with Gasteiger partial charge in [-0.2, -0.15) is 0 Å². The van der Waals surface area contributed by atoms with Gasteiger partial charge in [0.15, 0.2) is 5.78 Å². The molecule has 0 amide bonds. The predicted molar refractivity (Wildman–Crippen MR) is 142 cm³/mol. The Hall–Kier alpha value is -2.00. The summed E-state index contributed by atoms with van der Waals surface area (Å²) >= 11 is 3.57. The molecule has 2 saturated heterocycles. The molecule has 6 rings (SSSR count). The van der Waals surface area contributed by atoms with Gasteiger partial charge in [0.2, 0.25) is 10.0 Å².